The predicted molar refractivity (Wildman–Crippen MR) is 68.4 cm³/mol. The summed E-state index contributed by atoms with van der Waals surface area (Å²) >= 11 is 0. The van der Waals surface area contributed by atoms with Crippen LogP contribution in [-0.2, 0) is 0 Å². The molecule has 3 aromatic rings. The molecule has 1 aromatic carbocycles. The van der Waals surface area contributed by atoms with Gasteiger partial charge in [-0.15, -0.1) is 10.2 Å². The lowest BCUT2D eigenvalue weighted by molar-refractivity contribution is 0.639. The van der Waals surface area contributed by atoms with Gasteiger partial charge in [-0.25, -0.2) is 4.39 Å². The summed E-state index contributed by atoms with van der Waals surface area (Å²) in [5.74, 6) is 0.0114. The Morgan fingerprint density at radius 1 is 1.22 bits per heavy atom. The highest BCUT2D eigenvalue weighted by molar-refractivity contribution is 5.85. The number of nitrogen functional groups attached to an aromatic ring is 1. The third-order valence-electron chi connectivity index (χ3n) is 2.92. The molecule has 0 radical (unpaired) electrons. The number of aryl methyl sites for hydroxylation is 1. The Balaban J connectivity index is 2.27. The first-order valence-electron chi connectivity index (χ1n) is 5.52. The van der Waals surface area contributed by atoms with E-state index in [0.717, 1.165) is 10.9 Å². The van der Waals surface area contributed by atoms with Crippen molar-refractivity contribution in [1.82, 2.24) is 15.2 Å². The highest BCUT2D eigenvalue weighted by atomic mass is 19.1. The van der Waals surface area contributed by atoms with Crippen molar-refractivity contribution in [2.75, 3.05) is 5.73 Å². The van der Waals surface area contributed by atoms with Crippen LogP contribution in [0.3, 0.4) is 0 Å². The Morgan fingerprint density at radius 2 is 2.06 bits per heavy atom. The third-order valence-corrected chi connectivity index (χ3v) is 2.92. The zero-order valence-corrected chi connectivity index (χ0v) is 9.74. The summed E-state index contributed by atoms with van der Waals surface area (Å²) in [6, 6.07) is 7.06. The Bertz CT molecular complexity index is 733. The first-order chi connectivity index (χ1) is 8.66. The molecule has 0 bridgehead atoms. The van der Waals surface area contributed by atoms with Crippen LogP contribution < -0.4 is 5.73 Å². The lowest BCUT2D eigenvalue weighted by Crippen LogP contribution is -1.99. The minimum Gasteiger partial charge on any atom is -0.382 e. The number of anilines is 1. The molecule has 0 unspecified atom stereocenters. The molecule has 90 valence electrons. The monoisotopic (exact) mass is 242 g/mol. The molecule has 0 aliphatic heterocycles. The van der Waals surface area contributed by atoms with Crippen LogP contribution >= 0.6 is 0 Å². The van der Waals surface area contributed by atoms with E-state index in [1.165, 1.54) is 0 Å². The summed E-state index contributed by atoms with van der Waals surface area (Å²) in [6.45, 7) is 1.83. The van der Waals surface area contributed by atoms with E-state index in [0.29, 0.717) is 22.6 Å². The fraction of sp³-hybridized carbons (Fsp3) is 0.0769. The van der Waals surface area contributed by atoms with Crippen molar-refractivity contribution in [2.45, 2.75) is 6.92 Å². The molecule has 2 aromatic heterocycles. The van der Waals surface area contributed by atoms with Gasteiger partial charge in [0.05, 0.1) is 11.2 Å². The number of halogens is 1. The maximum atomic E-state index is 14.3. The van der Waals surface area contributed by atoms with Crippen molar-refractivity contribution in [3.63, 3.8) is 0 Å². The summed E-state index contributed by atoms with van der Waals surface area (Å²) in [6.07, 6.45) is 1.71. The Hall–Kier alpha value is -2.43. The molecule has 0 amide bonds. The van der Waals surface area contributed by atoms with Crippen molar-refractivity contribution in [2.24, 2.45) is 0 Å². The average molecular weight is 242 g/mol. The lowest BCUT2D eigenvalue weighted by atomic mass is 10.1. The summed E-state index contributed by atoms with van der Waals surface area (Å²) in [4.78, 5) is 2.88. The van der Waals surface area contributed by atoms with E-state index in [4.69, 9.17) is 5.73 Å². The molecule has 0 spiro atoms. The number of rotatable bonds is 1. The summed E-state index contributed by atoms with van der Waals surface area (Å²) in [7, 11) is 0. The van der Waals surface area contributed by atoms with Crippen LogP contribution in [0.15, 0.2) is 30.5 Å². The molecule has 0 saturated carbocycles. The van der Waals surface area contributed by atoms with Crippen LogP contribution in [0.1, 0.15) is 5.56 Å². The number of nitrogens with two attached hydrogens (primary N) is 1. The van der Waals surface area contributed by atoms with Crippen LogP contribution in [0.2, 0.25) is 0 Å². The van der Waals surface area contributed by atoms with Gasteiger partial charge in [0, 0.05) is 17.1 Å². The first kappa shape index (κ1) is 10.7. The lowest BCUT2D eigenvalue weighted by Gasteiger charge is -2.06. The zero-order chi connectivity index (χ0) is 12.7. The number of hydrogen-bond donors (Lipinski definition) is 2. The zero-order valence-electron chi connectivity index (χ0n) is 9.74. The van der Waals surface area contributed by atoms with Gasteiger partial charge in [0.1, 0.15) is 5.82 Å². The number of aromatic nitrogens is 3. The van der Waals surface area contributed by atoms with Gasteiger partial charge in [-0.3, -0.25) is 0 Å². The van der Waals surface area contributed by atoms with Gasteiger partial charge in [0.25, 0.3) is 0 Å². The predicted octanol–water partition coefficient (Wildman–Crippen LogP) is 2.65. The maximum Gasteiger partial charge on any atom is 0.156 e. The van der Waals surface area contributed by atoms with Crippen LogP contribution in [0.4, 0.5) is 10.2 Å². The third kappa shape index (κ3) is 1.52. The molecular formula is C13H11FN4. The molecule has 0 saturated heterocycles. The number of aromatic amines is 1. The Labute approximate surface area is 103 Å². The summed E-state index contributed by atoms with van der Waals surface area (Å²) in [5, 5.41) is 8.58. The minimum absolute atomic E-state index is 0.320. The standard InChI is InChI=1S/C13H11FN4/c1-7-6-10(15)17-18-12(7)9-3-2-8-4-5-16-13(8)11(9)14/h2-6,16H,1H3,(H2,15,17). The molecule has 0 fully saturated rings. The van der Waals surface area contributed by atoms with Crippen LogP contribution in [-0.4, -0.2) is 15.2 Å². The van der Waals surface area contributed by atoms with Crippen LogP contribution in [0.5, 0.6) is 0 Å². The maximum absolute atomic E-state index is 14.3. The van der Waals surface area contributed by atoms with Gasteiger partial charge in [0.2, 0.25) is 0 Å². The number of fused-ring (bicyclic) bond motifs is 1. The van der Waals surface area contributed by atoms with Crippen LogP contribution in [0, 0.1) is 12.7 Å². The van der Waals surface area contributed by atoms with Crippen molar-refractivity contribution < 1.29 is 4.39 Å². The molecule has 2 heterocycles. The second kappa shape index (κ2) is 3.80. The fourth-order valence-electron chi connectivity index (χ4n) is 2.05. The van der Waals surface area contributed by atoms with E-state index in [-0.39, 0.29) is 5.82 Å². The van der Waals surface area contributed by atoms with E-state index in [9.17, 15) is 4.39 Å². The van der Waals surface area contributed by atoms with E-state index in [1.807, 2.05) is 19.1 Å². The van der Waals surface area contributed by atoms with E-state index in [2.05, 4.69) is 15.2 Å². The van der Waals surface area contributed by atoms with Gasteiger partial charge in [-0.2, -0.15) is 0 Å². The fourth-order valence-corrected chi connectivity index (χ4v) is 2.05. The highest BCUT2D eigenvalue weighted by Crippen LogP contribution is 2.28. The van der Waals surface area contributed by atoms with E-state index < -0.39 is 0 Å². The van der Waals surface area contributed by atoms with Crippen molar-refractivity contribution in [3.8, 4) is 11.3 Å². The van der Waals surface area contributed by atoms with Crippen molar-refractivity contribution in [3.05, 3.63) is 41.8 Å². The Morgan fingerprint density at radius 3 is 2.83 bits per heavy atom. The number of nitrogens with zero attached hydrogens (tertiary/aromatic N) is 2. The van der Waals surface area contributed by atoms with Gasteiger partial charge in [-0.1, -0.05) is 6.07 Å². The van der Waals surface area contributed by atoms with Crippen molar-refractivity contribution in [1.29, 1.82) is 0 Å². The first-order valence-corrected chi connectivity index (χ1v) is 5.52. The average Bonchev–Trinajstić information content (AvgIpc) is 2.80. The molecule has 18 heavy (non-hydrogen) atoms. The topological polar surface area (TPSA) is 67.6 Å². The largest absolute Gasteiger partial charge is 0.382 e. The summed E-state index contributed by atoms with van der Waals surface area (Å²) < 4.78 is 14.3. The van der Waals surface area contributed by atoms with Crippen LogP contribution in [0.25, 0.3) is 22.2 Å². The number of hydrogen-bond acceptors (Lipinski definition) is 3. The second-order valence-corrected chi connectivity index (χ2v) is 4.17. The molecule has 0 aliphatic carbocycles. The van der Waals surface area contributed by atoms with Gasteiger partial charge >= 0.3 is 0 Å². The minimum atomic E-state index is -0.320. The molecule has 3 N–H and O–H groups in total. The van der Waals surface area contributed by atoms with Crippen molar-refractivity contribution >= 4 is 16.7 Å². The van der Waals surface area contributed by atoms with Gasteiger partial charge in [-0.05, 0) is 30.7 Å². The molecular weight excluding hydrogens is 231 g/mol. The molecule has 5 heteroatoms. The second-order valence-electron chi connectivity index (χ2n) is 4.17. The number of H-pyrrole nitrogens is 1. The highest BCUT2D eigenvalue weighted by Gasteiger charge is 2.13. The molecule has 0 atom stereocenters. The molecule has 4 nitrogen and oxygen atoms in total. The van der Waals surface area contributed by atoms with Gasteiger partial charge < -0.3 is 10.7 Å². The number of nitrogens with one attached hydrogen (secondary N) is 1. The molecule has 0 aliphatic rings. The van der Waals surface area contributed by atoms with Gasteiger partial charge in [0.15, 0.2) is 5.82 Å². The summed E-state index contributed by atoms with van der Waals surface area (Å²) in [5.41, 5.74) is 7.76. The SMILES string of the molecule is Cc1cc(N)nnc1-c1ccc2cc[nH]c2c1F. The number of benzene rings is 1. The Kier molecular flexibility index (Phi) is 2.26. The van der Waals surface area contributed by atoms with E-state index in [1.54, 1.807) is 18.3 Å². The normalized spacial score (nSPS) is 11.0. The smallest absolute Gasteiger partial charge is 0.156 e. The van der Waals surface area contributed by atoms with E-state index >= 15 is 0 Å². The molecule has 3 rings (SSSR count). The quantitative estimate of drug-likeness (QED) is 0.689.